The van der Waals surface area contributed by atoms with Crippen LogP contribution in [0.5, 0.6) is 0 Å². The lowest BCUT2D eigenvalue weighted by Crippen LogP contribution is -2.27. The second kappa shape index (κ2) is 10.8. The molecule has 0 saturated carbocycles. The summed E-state index contributed by atoms with van der Waals surface area (Å²) in [5, 5.41) is 17.0. The van der Waals surface area contributed by atoms with E-state index in [0.29, 0.717) is 6.61 Å². The lowest BCUT2D eigenvalue weighted by molar-refractivity contribution is -0.186. The minimum absolute atomic E-state index is 0.0803. The Morgan fingerprint density at radius 1 is 1.25 bits per heavy atom. The molecule has 6 heteroatoms. The first-order chi connectivity index (χ1) is 7.74. The van der Waals surface area contributed by atoms with E-state index in [2.05, 4.69) is 4.74 Å². The van der Waals surface area contributed by atoms with Crippen molar-refractivity contribution in [1.82, 2.24) is 0 Å². The van der Waals surface area contributed by atoms with E-state index in [0.717, 1.165) is 12.8 Å². The number of aliphatic hydroxyl groups excluding tert-OH is 2. The van der Waals surface area contributed by atoms with Gasteiger partial charge in [0, 0.05) is 6.61 Å². The molecule has 96 valence electrons. The first-order valence-electron chi connectivity index (χ1n) is 5.35. The molecule has 0 heterocycles. The SMILES string of the molecule is CCCCOC(COC(=O)CO)OCCO. The Labute approximate surface area is 95.1 Å². The molecule has 0 saturated heterocycles. The quantitative estimate of drug-likeness (QED) is 0.307. The normalized spacial score (nSPS) is 12.4. The fraction of sp³-hybridized carbons (Fsp3) is 0.900. The van der Waals surface area contributed by atoms with Crippen molar-refractivity contribution in [3.8, 4) is 0 Å². The number of ether oxygens (including phenoxy) is 3. The maximum absolute atomic E-state index is 10.7. The summed E-state index contributed by atoms with van der Waals surface area (Å²) in [4.78, 5) is 10.7. The number of hydrogen-bond donors (Lipinski definition) is 2. The molecule has 0 aromatic rings. The maximum atomic E-state index is 10.7. The third-order valence-corrected chi connectivity index (χ3v) is 1.71. The Hall–Kier alpha value is -0.690. The molecule has 0 fully saturated rings. The molecule has 1 atom stereocenters. The monoisotopic (exact) mass is 236 g/mol. The van der Waals surface area contributed by atoms with E-state index in [1.165, 1.54) is 0 Å². The zero-order chi connectivity index (χ0) is 12.2. The topological polar surface area (TPSA) is 85.2 Å². The van der Waals surface area contributed by atoms with Crippen LogP contribution < -0.4 is 0 Å². The summed E-state index contributed by atoms with van der Waals surface area (Å²) in [5.74, 6) is -0.725. The van der Waals surface area contributed by atoms with Crippen LogP contribution >= 0.6 is 0 Å². The fourth-order valence-electron chi connectivity index (χ4n) is 0.894. The summed E-state index contributed by atoms with van der Waals surface area (Å²) in [6.45, 7) is 1.78. The third kappa shape index (κ3) is 8.60. The number of hydrogen-bond acceptors (Lipinski definition) is 6. The summed E-state index contributed by atoms with van der Waals surface area (Å²) in [7, 11) is 0. The molecule has 0 aliphatic heterocycles. The molecule has 0 aromatic heterocycles. The lowest BCUT2D eigenvalue weighted by atomic mass is 10.4. The van der Waals surface area contributed by atoms with Gasteiger partial charge in [0.25, 0.3) is 0 Å². The van der Waals surface area contributed by atoms with E-state index in [9.17, 15) is 4.79 Å². The molecular formula is C10H20O6. The standard InChI is InChI=1S/C10H20O6/c1-2-3-5-14-10(15-6-4-11)8-16-9(13)7-12/h10-12H,2-8H2,1H3. The highest BCUT2D eigenvalue weighted by molar-refractivity contribution is 5.70. The Kier molecular flexibility index (Phi) is 10.3. The van der Waals surface area contributed by atoms with Gasteiger partial charge < -0.3 is 24.4 Å². The predicted molar refractivity (Wildman–Crippen MR) is 55.7 cm³/mol. The average molecular weight is 236 g/mol. The summed E-state index contributed by atoms with van der Waals surface area (Å²) in [6.07, 6.45) is 1.19. The summed E-state index contributed by atoms with van der Waals surface area (Å²) < 4.78 is 15.0. The van der Waals surface area contributed by atoms with Crippen LogP contribution in [-0.2, 0) is 19.0 Å². The molecular weight excluding hydrogens is 216 g/mol. The smallest absolute Gasteiger partial charge is 0.331 e. The highest BCUT2D eigenvalue weighted by Crippen LogP contribution is 1.99. The van der Waals surface area contributed by atoms with Crippen molar-refractivity contribution >= 4 is 5.97 Å². The maximum Gasteiger partial charge on any atom is 0.331 e. The van der Waals surface area contributed by atoms with E-state index in [1.54, 1.807) is 0 Å². The predicted octanol–water partition coefficient (Wildman–Crippen LogP) is -0.326. The van der Waals surface area contributed by atoms with Crippen molar-refractivity contribution in [2.45, 2.75) is 26.1 Å². The third-order valence-electron chi connectivity index (χ3n) is 1.71. The van der Waals surface area contributed by atoms with Crippen molar-refractivity contribution in [2.75, 3.05) is 33.0 Å². The number of carbonyl (C=O) groups excluding carboxylic acids is 1. The molecule has 0 aromatic carbocycles. The molecule has 0 aliphatic carbocycles. The Balaban J connectivity index is 3.75. The van der Waals surface area contributed by atoms with Gasteiger partial charge in [0.15, 0.2) is 6.29 Å². The fourth-order valence-corrected chi connectivity index (χ4v) is 0.894. The van der Waals surface area contributed by atoms with E-state index in [1.807, 2.05) is 6.92 Å². The van der Waals surface area contributed by atoms with Gasteiger partial charge in [-0.25, -0.2) is 4.79 Å². The molecule has 0 spiro atoms. The summed E-state index contributed by atoms with van der Waals surface area (Å²) in [5.41, 5.74) is 0. The molecule has 6 nitrogen and oxygen atoms in total. The minimum atomic E-state index is -0.725. The Morgan fingerprint density at radius 2 is 1.94 bits per heavy atom. The first kappa shape index (κ1) is 15.3. The summed E-state index contributed by atoms with van der Waals surface area (Å²) >= 11 is 0. The molecule has 1 unspecified atom stereocenters. The highest BCUT2D eigenvalue weighted by Gasteiger charge is 2.12. The number of aliphatic hydroxyl groups is 2. The van der Waals surface area contributed by atoms with Gasteiger partial charge >= 0.3 is 5.97 Å². The van der Waals surface area contributed by atoms with E-state index < -0.39 is 18.9 Å². The van der Waals surface area contributed by atoms with Gasteiger partial charge in [-0.15, -0.1) is 0 Å². The van der Waals surface area contributed by atoms with Crippen molar-refractivity contribution in [3.05, 3.63) is 0 Å². The lowest BCUT2D eigenvalue weighted by Gasteiger charge is -2.17. The van der Waals surface area contributed by atoms with Crippen molar-refractivity contribution in [2.24, 2.45) is 0 Å². The molecule has 0 aliphatic rings. The van der Waals surface area contributed by atoms with Crippen LogP contribution in [-0.4, -0.2) is 55.5 Å². The van der Waals surface area contributed by atoms with E-state index in [-0.39, 0.29) is 19.8 Å². The molecule has 16 heavy (non-hydrogen) atoms. The second-order valence-electron chi connectivity index (χ2n) is 3.09. The van der Waals surface area contributed by atoms with Crippen LogP contribution in [0, 0.1) is 0 Å². The largest absolute Gasteiger partial charge is 0.459 e. The van der Waals surface area contributed by atoms with Crippen LogP contribution in [0.3, 0.4) is 0 Å². The number of esters is 1. The van der Waals surface area contributed by atoms with Gasteiger partial charge in [-0.2, -0.15) is 0 Å². The van der Waals surface area contributed by atoms with Crippen molar-refractivity contribution in [1.29, 1.82) is 0 Å². The van der Waals surface area contributed by atoms with Crippen LogP contribution in [0.15, 0.2) is 0 Å². The zero-order valence-corrected chi connectivity index (χ0v) is 9.55. The van der Waals surface area contributed by atoms with E-state index >= 15 is 0 Å². The molecule has 0 amide bonds. The average Bonchev–Trinajstić information content (AvgIpc) is 2.31. The van der Waals surface area contributed by atoms with Gasteiger partial charge in [-0.3, -0.25) is 0 Å². The van der Waals surface area contributed by atoms with Crippen LogP contribution in [0.2, 0.25) is 0 Å². The molecule has 0 rings (SSSR count). The van der Waals surface area contributed by atoms with Crippen molar-refractivity contribution < 1.29 is 29.2 Å². The number of carbonyl (C=O) groups is 1. The minimum Gasteiger partial charge on any atom is -0.459 e. The first-order valence-corrected chi connectivity index (χ1v) is 5.35. The van der Waals surface area contributed by atoms with Crippen molar-refractivity contribution in [3.63, 3.8) is 0 Å². The molecule has 2 N–H and O–H groups in total. The molecule has 0 bridgehead atoms. The Morgan fingerprint density at radius 3 is 2.50 bits per heavy atom. The van der Waals surface area contributed by atoms with Gasteiger partial charge in [-0.1, -0.05) is 13.3 Å². The van der Waals surface area contributed by atoms with Gasteiger partial charge in [0.2, 0.25) is 0 Å². The number of unbranched alkanes of at least 4 members (excludes halogenated alkanes) is 1. The van der Waals surface area contributed by atoms with Crippen LogP contribution in [0.1, 0.15) is 19.8 Å². The summed E-state index contributed by atoms with van der Waals surface area (Å²) in [6, 6.07) is 0. The van der Waals surface area contributed by atoms with Gasteiger partial charge in [0.1, 0.15) is 13.2 Å². The van der Waals surface area contributed by atoms with Gasteiger partial charge in [-0.05, 0) is 6.42 Å². The van der Waals surface area contributed by atoms with Gasteiger partial charge in [0.05, 0.1) is 13.2 Å². The highest BCUT2D eigenvalue weighted by atomic mass is 16.7. The molecule has 0 radical (unpaired) electrons. The second-order valence-corrected chi connectivity index (χ2v) is 3.09. The van der Waals surface area contributed by atoms with E-state index in [4.69, 9.17) is 19.7 Å². The zero-order valence-electron chi connectivity index (χ0n) is 9.55. The van der Waals surface area contributed by atoms with Crippen LogP contribution in [0.25, 0.3) is 0 Å². The van der Waals surface area contributed by atoms with Crippen LogP contribution in [0.4, 0.5) is 0 Å². The Bertz CT molecular complexity index is 173. The number of rotatable bonds is 10.